The highest BCUT2D eigenvalue weighted by atomic mass is 32.2. The molecule has 0 aliphatic rings. The fraction of sp³-hybridized carbons (Fsp3) is 0.655. The second-order valence-corrected chi connectivity index (χ2v) is 22.9. The van der Waals surface area contributed by atoms with E-state index in [0.717, 1.165) is 6.92 Å². The van der Waals surface area contributed by atoms with Crippen LogP contribution in [-0.2, 0) is 59.2 Å². The molecular weight excluding hydrogens is 1180 g/mol. The molecule has 0 aromatic heterocycles. The number of aliphatic hydroxyl groups is 2. The van der Waals surface area contributed by atoms with Crippen molar-refractivity contribution < 1.29 is 73.2 Å². The Kier molecular flexibility index (Phi) is 37.2. The molecule has 0 fully saturated rings. The number of carbonyl (C=O) groups is 11. The van der Waals surface area contributed by atoms with Crippen molar-refractivity contribution in [2.45, 2.75) is 172 Å². The van der Waals surface area contributed by atoms with Crippen molar-refractivity contribution >= 4 is 88.7 Å². The zero-order chi connectivity index (χ0) is 67.5. The van der Waals surface area contributed by atoms with E-state index in [1.165, 1.54) is 36.0 Å². The molecule has 11 atom stereocenters. The van der Waals surface area contributed by atoms with Crippen LogP contribution in [0.5, 0.6) is 5.75 Å². The summed E-state index contributed by atoms with van der Waals surface area (Å²) in [6.07, 6.45) is -0.566. The Morgan fingerprint density at radius 2 is 0.944 bits per heavy atom. The third-order valence-corrected chi connectivity index (χ3v) is 14.2. The normalized spacial score (nSPS) is 14.8. The fourth-order valence-corrected chi connectivity index (χ4v) is 9.19. The molecule has 1 rings (SSSR count). The first-order chi connectivity index (χ1) is 41.9. The topological polar surface area (TPSA) is 565 Å². The number of hydrogen-bond donors (Lipinski definition) is 22. The molecule has 0 radical (unpaired) electrons. The highest BCUT2D eigenvalue weighted by Gasteiger charge is 2.37. The van der Waals surface area contributed by atoms with Gasteiger partial charge in [-0.1, -0.05) is 39.8 Å². The number of guanidine groups is 2. The predicted molar refractivity (Wildman–Crippen MR) is 331 cm³/mol. The van der Waals surface area contributed by atoms with Crippen LogP contribution in [0.25, 0.3) is 0 Å². The van der Waals surface area contributed by atoms with Crippen molar-refractivity contribution in [2.75, 3.05) is 45.3 Å². The third-order valence-electron chi connectivity index (χ3n) is 13.6. The van der Waals surface area contributed by atoms with Gasteiger partial charge in [-0.3, -0.25) is 63.6 Å². The minimum atomic E-state index is -2.01. The maximum Gasteiger partial charge on any atom is 0.305 e. The Bertz CT molecular complexity index is 2510. The van der Waals surface area contributed by atoms with Gasteiger partial charge in [0.15, 0.2) is 11.9 Å². The molecule has 0 saturated heterocycles. The van der Waals surface area contributed by atoms with Crippen LogP contribution >= 0.6 is 11.8 Å². The van der Waals surface area contributed by atoms with E-state index in [-0.39, 0.29) is 100 Å². The number of carboxylic acid groups (broad SMARTS) is 1. The van der Waals surface area contributed by atoms with E-state index in [2.05, 4.69) is 63.8 Å². The number of primary amides is 1. The number of hydrogen-bond acceptors (Lipinski definition) is 19. The SMILES string of the molecule is CN[C@@H](CC(C)C)C(=O)N[C@@H](CCCNC(=N)N)C(=O)N[C@@H](CO)C(=O)N[C@@H](CCSC)C(=O)N[C@H](C(=O)N[C@@H](CC(=O)O)C(=O)N[C@@H](CCCCN)C(=O)N[C@@H](Cc1ccc(O)cc1)C(=O)N[C@@H](CCCNC(=N)N)C(=O)N[C@H](C(N)=O)C(C)C)[C@@H](C)O. The lowest BCUT2D eigenvalue weighted by molar-refractivity contribution is -0.142. The van der Waals surface area contributed by atoms with Gasteiger partial charge in [0.25, 0.3) is 0 Å². The molecule has 0 bridgehead atoms. The molecule has 0 heterocycles. The van der Waals surface area contributed by atoms with E-state index < -0.39 is 151 Å². The smallest absolute Gasteiger partial charge is 0.305 e. The monoisotopic (exact) mass is 1280 g/mol. The Balaban J connectivity index is 3.59. The molecule has 1 aromatic carbocycles. The van der Waals surface area contributed by atoms with Gasteiger partial charge < -0.3 is 107 Å². The van der Waals surface area contributed by atoms with Crippen molar-refractivity contribution in [3.05, 3.63) is 29.8 Å². The van der Waals surface area contributed by atoms with E-state index >= 15 is 0 Å². The second-order valence-electron chi connectivity index (χ2n) is 21.9. The molecule has 0 spiro atoms. The Hall–Kier alpha value is -8.08. The van der Waals surface area contributed by atoms with Crippen LogP contribution < -0.4 is 86.7 Å². The van der Waals surface area contributed by atoms with Gasteiger partial charge in [-0.15, -0.1) is 0 Å². The lowest BCUT2D eigenvalue weighted by atomic mass is 10.0. The number of phenolic OH excluding ortho intramolecular Hbond substituents is 1. The molecule has 0 aliphatic heterocycles. The number of aliphatic hydroxyl groups excluding tert-OH is 2. The summed E-state index contributed by atoms with van der Waals surface area (Å²) in [6.45, 7) is 7.54. The van der Waals surface area contributed by atoms with Crippen molar-refractivity contribution in [3.8, 4) is 5.75 Å². The first kappa shape index (κ1) is 78.9. The number of carbonyl (C=O) groups excluding carboxylic acids is 10. The van der Waals surface area contributed by atoms with Crippen LogP contribution in [0.3, 0.4) is 0 Å². The van der Waals surface area contributed by atoms with Gasteiger partial charge in [0.05, 0.1) is 25.2 Å². The average Bonchev–Trinajstić information content (AvgIpc) is 2.37. The highest BCUT2D eigenvalue weighted by molar-refractivity contribution is 7.98. The summed E-state index contributed by atoms with van der Waals surface area (Å²) in [4.78, 5) is 150. The molecule has 0 saturated carbocycles. The Morgan fingerprint density at radius 3 is 1.36 bits per heavy atom. The summed E-state index contributed by atoms with van der Waals surface area (Å²) >= 11 is 1.25. The van der Waals surface area contributed by atoms with E-state index in [9.17, 15) is 73.2 Å². The fourth-order valence-electron chi connectivity index (χ4n) is 8.72. The van der Waals surface area contributed by atoms with Crippen LogP contribution in [0.2, 0.25) is 0 Å². The molecule has 33 nitrogen and oxygen atoms in total. The summed E-state index contributed by atoms with van der Waals surface area (Å²) in [5.41, 5.74) is 22.5. The minimum absolute atomic E-state index is 0.00206. The molecule has 1 aromatic rings. The summed E-state index contributed by atoms with van der Waals surface area (Å²) in [7, 11) is 1.57. The molecule has 10 amide bonds. The van der Waals surface area contributed by atoms with E-state index in [0.29, 0.717) is 18.4 Å². The number of phenols is 1. The standard InChI is InChI=1S/C55H96N18O15S/c1-28(2)24-37(62-6)49(84)65-34(13-10-21-63-54(58)59)46(81)71-40(27-74)52(87)68-36(19-23-89-7)48(83)73-43(30(5)75)53(88)70-39(26-41(77)78)51(86)66-33(12-8-9-20-56)45(80)69-38(25-31-15-17-32(76)18-16-31)50(85)67-35(14-11-22-64-55(60)61)47(82)72-42(29(3)4)44(57)79/h15-18,28-30,33-40,42-43,62,74-76H,8-14,19-27,56H2,1-7H3,(H2,57,79)(H,65,84)(H,66,86)(H,67,85)(H,68,87)(H,69,80)(H,70,88)(H,71,81)(H,72,82)(H,73,83)(H,77,78)(H4,58,59,63)(H4,60,61,64)/t30-,33+,34+,35+,36+,37+,38+,39+,40+,42+,43+/m1/s1. The first-order valence-corrected chi connectivity index (χ1v) is 30.6. The first-order valence-electron chi connectivity index (χ1n) is 29.2. The molecule has 34 heteroatoms. The van der Waals surface area contributed by atoms with Crippen molar-refractivity contribution in [2.24, 2.45) is 34.8 Å². The van der Waals surface area contributed by atoms with Gasteiger partial charge in [0.2, 0.25) is 59.1 Å². The summed E-state index contributed by atoms with van der Waals surface area (Å²) in [5, 5.41) is 86.3. The number of thioether (sulfide) groups is 1. The van der Waals surface area contributed by atoms with Crippen LogP contribution in [0, 0.1) is 22.7 Å². The quantitative estimate of drug-likeness (QED) is 0.0164. The van der Waals surface area contributed by atoms with Crippen molar-refractivity contribution in [1.29, 1.82) is 10.8 Å². The van der Waals surface area contributed by atoms with Crippen molar-refractivity contribution in [3.63, 3.8) is 0 Å². The molecular formula is C55H96N18O15S. The zero-order valence-corrected chi connectivity index (χ0v) is 52.4. The lowest BCUT2D eigenvalue weighted by Gasteiger charge is -2.29. The molecule has 26 N–H and O–H groups in total. The summed E-state index contributed by atoms with van der Waals surface area (Å²) < 4.78 is 0. The maximum atomic E-state index is 14.4. The molecule has 0 unspecified atom stereocenters. The maximum absolute atomic E-state index is 14.4. The Labute approximate surface area is 522 Å². The van der Waals surface area contributed by atoms with E-state index in [1.54, 1.807) is 27.2 Å². The number of likely N-dealkylation sites (N-methyl/N-ethyl adjacent to an activating group) is 1. The second kappa shape index (κ2) is 42.0. The number of aromatic hydroxyl groups is 1. The number of rotatable bonds is 44. The van der Waals surface area contributed by atoms with Gasteiger partial charge >= 0.3 is 5.97 Å². The number of unbranched alkanes of at least 4 members (excludes halogenated alkanes) is 1. The number of nitrogens with one attached hydrogen (secondary N) is 14. The van der Waals surface area contributed by atoms with E-state index in [1.807, 2.05) is 13.8 Å². The van der Waals surface area contributed by atoms with Crippen LogP contribution in [0.1, 0.15) is 104 Å². The molecule has 89 heavy (non-hydrogen) atoms. The lowest BCUT2D eigenvalue weighted by Crippen LogP contribution is -2.62. The van der Waals surface area contributed by atoms with Crippen LogP contribution in [0.15, 0.2) is 24.3 Å². The molecule has 0 aliphatic carbocycles. The highest BCUT2D eigenvalue weighted by Crippen LogP contribution is 2.15. The van der Waals surface area contributed by atoms with Crippen molar-refractivity contribution in [1.82, 2.24) is 63.8 Å². The van der Waals surface area contributed by atoms with E-state index in [4.69, 9.17) is 33.8 Å². The largest absolute Gasteiger partial charge is 0.508 e. The van der Waals surface area contributed by atoms with Crippen LogP contribution in [-0.4, -0.2) is 209 Å². The van der Waals surface area contributed by atoms with Gasteiger partial charge in [-0.25, -0.2) is 0 Å². The Morgan fingerprint density at radius 1 is 0.539 bits per heavy atom. The van der Waals surface area contributed by atoms with Crippen LogP contribution in [0.4, 0.5) is 0 Å². The number of benzene rings is 1. The van der Waals surface area contributed by atoms with Gasteiger partial charge in [-0.2, -0.15) is 11.8 Å². The number of carboxylic acids is 1. The minimum Gasteiger partial charge on any atom is -0.508 e. The predicted octanol–water partition coefficient (Wildman–Crippen LogP) is -5.67. The van der Waals surface area contributed by atoms with Gasteiger partial charge in [0.1, 0.15) is 60.1 Å². The number of aliphatic carboxylic acids is 1. The third kappa shape index (κ3) is 31.1. The summed E-state index contributed by atoms with van der Waals surface area (Å²) in [6, 6.07) is -9.21. The summed E-state index contributed by atoms with van der Waals surface area (Å²) in [5.74, 6) is -12.3. The number of nitrogens with two attached hydrogens (primary N) is 4. The average molecular weight is 1280 g/mol. The molecule has 502 valence electrons. The van der Waals surface area contributed by atoms with Gasteiger partial charge in [-0.05, 0) is 120 Å². The number of amides is 10. The van der Waals surface area contributed by atoms with Gasteiger partial charge in [0, 0.05) is 19.5 Å². The zero-order valence-electron chi connectivity index (χ0n) is 51.6.